The van der Waals surface area contributed by atoms with Gasteiger partial charge in [0.1, 0.15) is 0 Å². The lowest BCUT2D eigenvalue weighted by atomic mass is 9.70. The summed E-state index contributed by atoms with van der Waals surface area (Å²) < 4.78 is 0. The van der Waals surface area contributed by atoms with Crippen LogP contribution in [0.2, 0.25) is 0 Å². The average molecular weight is 209 g/mol. The Morgan fingerprint density at radius 3 is 2.27 bits per heavy atom. The maximum atomic E-state index is 3.63. The maximum absolute atomic E-state index is 3.63. The second kappa shape index (κ2) is 4.86. The Morgan fingerprint density at radius 2 is 1.87 bits per heavy atom. The second-order valence-electron chi connectivity index (χ2n) is 5.80. The lowest BCUT2D eigenvalue weighted by Gasteiger charge is -2.40. The summed E-state index contributed by atoms with van der Waals surface area (Å²) in [5.74, 6) is 1.05. The second-order valence-corrected chi connectivity index (χ2v) is 5.80. The van der Waals surface area contributed by atoms with Crippen LogP contribution in [0.15, 0.2) is 0 Å². The van der Waals surface area contributed by atoms with E-state index in [9.17, 15) is 0 Å². The molecular formula is C14H27N. The van der Waals surface area contributed by atoms with Gasteiger partial charge in [0.05, 0.1) is 0 Å². The van der Waals surface area contributed by atoms with Gasteiger partial charge in [0.2, 0.25) is 0 Å². The summed E-state index contributed by atoms with van der Waals surface area (Å²) in [6, 6.07) is 0.801. The van der Waals surface area contributed by atoms with E-state index in [0.29, 0.717) is 5.41 Å². The van der Waals surface area contributed by atoms with Crippen LogP contribution in [0.4, 0.5) is 0 Å². The summed E-state index contributed by atoms with van der Waals surface area (Å²) in [6.45, 7) is 2.40. The van der Waals surface area contributed by atoms with E-state index in [4.69, 9.17) is 0 Å². The molecule has 15 heavy (non-hydrogen) atoms. The van der Waals surface area contributed by atoms with Gasteiger partial charge in [0.15, 0.2) is 0 Å². The van der Waals surface area contributed by atoms with Crippen LogP contribution in [0.3, 0.4) is 0 Å². The van der Waals surface area contributed by atoms with Crippen molar-refractivity contribution in [3.8, 4) is 0 Å². The standard InChI is InChI=1S/C14H27N/c1-3-14(9-4-5-10-14)13(15-2)11-12-7-6-8-12/h12-13,15H,3-11H2,1-2H3. The van der Waals surface area contributed by atoms with Crippen LogP contribution in [0.5, 0.6) is 0 Å². The first-order valence-corrected chi connectivity index (χ1v) is 6.98. The Labute approximate surface area is 95.0 Å². The lowest BCUT2D eigenvalue weighted by molar-refractivity contribution is 0.142. The molecule has 2 rings (SSSR count). The van der Waals surface area contributed by atoms with Gasteiger partial charge in [-0.2, -0.15) is 0 Å². The van der Waals surface area contributed by atoms with Crippen LogP contribution in [-0.4, -0.2) is 13.1 Å². The Balaban J connectivity index is 1.95. The van der Waals surface area contributed by atoms with Crippen LogP contribution in [0.25, 0.3) is 0 Å². The third kappa shape index (κ3) is 2.22. The molecule has 0 aromatic carbocycles. The van der Waals surface area contributed by atoms with Gasteiger partial charge in [-0.15, -0.1) is 0 Å². The zero-order chi connectivity index (χ0) is 10.7. The Bertz CT molecular complexity index is 190. The number of hydrogen-bond donors (Lipinski definition) is 1. The molecule has 0 aromatic rings. The molecule has 1 nitrogen and oxygen atoms in total. The fraction of sp³-hybridized carbons (Fsp3) is 1.00. The maximum Gasteiger partial charge on any atom is 0.0123 e. The highest BCUT2D eigenvalue weighted by molar-refractivity contribution is 4.95. The summed E-state index contributed by atoms with van der Waals surface area (Å²) in [5, 5.41) is 3.63. The van der Waals surface area contributed by atoms with E-state index in [0.717, 1.165) is 12.0 Å². The van der Waals surface area contributed by atoms with E-state index >= 15 is 0 Å². The minimum absolute atomic E-state index is 0.657. The Morgan fingerprint density at radius 1 is 1.20 bits per heavy atom. The molecule has 1 N–H and O–H groups in total. The molecule has 88 valence electrons. The normalized spacial score (nSPS) is 27.6. The van der Waals surface area contributed by atoms with Gasteiger partial charge in [-0.25, -0.2) is 0 Å². The van der Waals surface area contributed by atoms with Crippen molar-refractivity contribution in [2.75, 3.05) is 7.05 Å². The average Bonchev–Trinajstić information content (AvgIpc) is 2.66. The van der Waals surface area contributed by atoms with E-state index in [2.05, 4.69) is 19.3 Å². The van der Waals surface area contributed by atoms with Gasteiger partial charge in [0, 0.05) is 6.04 Å². The van der Waals surface area contributed by atoms with Crippen molar-refractivity contribution in [1.29, 1.82) is 0 Å². The van der Waals surface area contributed by atoms with Gasteiger partial charge in [-0.3, -0.25) is 0 Å². The SMILES string of the molecule is CCC1(C(CC2CCC2)NC)CCCC1. The smallest absolute Gasteiger partial charge is 0.0123 e. The fourth-order valence-corrected chi connectivity index (χ4v) is 3.76. The molecule has 0 heterocycles. The monoisotopic (exact) mass is 209 g/mol. The quantitative estimate of drug-likeness (QED) is 0.727. The molecule has 2 aliphatic carbocycles. The van der Waals surface area contributed by atoms with Crippen molar-refractivity contribution < 1.29 is 0 Å². The molecule has 1 heteroatoms. The molecule has 2 aliphatic rings. The van der Waals surface area contributed by atoms with Gasteiger partial charge >= 0.3 is 0 Å². The molecule has 0 spiro atoms. The topological polar surface area (TPSA) is 12.0 Å². The Hall–Kier alpha value is -0.0400. The molecule has 2 fully saturated rings. The predicted molar refractivity (Wildman–Crippen MR) is 66.0 cm³/mol. The summed E-state index contributed by atoms with van der Waals surface area (Å²) in [4.78, 5) is 0. The zero-order valence-corrected chi connectivity index (χ0v) is 10.5. The van der Waals surface area contributed by atoms with Crippen molar-refractivity contribution >= 4 is 0 Å². The minimum Gasteiger partial charge on any atom is -0.316 e. The summed E-state index contributed by atoms with van der Waals surface area (Å²) in [5.41, 5.74) is 0.657. The first-order chi connectivity index (χ1) is 7.30. The number of nitrogens with one attached hydrogen (secondary N) is 1. The first-order valence-electron chi connectivity index (χ1n) is 6.98. The highest BCUT2D eigenvalue weighted by Gasteiger charge is 2.40. The highest BCUT2D eigenvalue weighted by atomic mass is 14.9. The molecule has 1 unspecified atom stereocenters. The van der Waals surface area contributed by atoms with E-state index in [1.807, 2.05) is 0 Å². The summed E-state index contributed by atoms with van der Waals surface area (Å²) in [6.07, 6.45) is 13.2. The zero-order valence-electron chi connectivity index (χ0n) is 10.5. The molecule has 2 saturated carbocycles. The van der Waals surface area contributed by atoms with E-state index < -0.39 is 0 Å². The molecule has 0 bridgehead atoms. The lowest BCUT2D eigenvalue weighted by Crippen LogP contribution is -2.43. The number of rotatable bonds is 5. The van der Waals surface area contributed by atoms with Crippen molar-refractivity contribution in [1.82, 2.24) is 5.32 Å². The van der Waals surface area contributed by atoms with Crippen LogP contribution < -0.4 is 5.32 Å². The van der Waals surface area contributed by atoms with Crippen molar-refractivity contribution in [3.63, 3.8) is 0 Å². The third-order valence-corrected chi connectivity index (χ3v) is 5.18. The molecule has 0 aromatic heterocycles. The van der Waals surface area contributed by atoms with Gasteiger partial charge in [0.25, 0.3) is 0 Å². The van der Waals surface area contributed by atoms with E-state index in [1.165, 1.54) is 57.8 Å². The summed E-state index contributed by atoms with van der Waals surface area (Å²) in [7, 11) is 2.18. The largest absolute Gasteiger partial charge is 0.316 e. The third-order valence-electron chi connectivity index (χ3n) is 5.18. The molecule has 0 radical (unpaired) electrons. The van der Waals surface area contributed by atoms with Crippen molar-refractivity contribution in [2.45, 2.75) is 70.8 Å². The first kappa shape index (κ1) is 11.4. The van der Waals surface area contributed by atoms with Crippen molar-refractivity contribution in [2.24, 2.45) is 11.3 Å². The van der Waals surface area contributed by atoms with Gasteiger partial charge in [-0.05, 0) is 44.1 Å². The van der Waals surface area contributed by atoms with Crippen LogP contribution in [0.1, 0.15) is 64.7 Å². The van der Waals surface area contributed by atoms with Gasteiger partial charge < -0.3 is 5.32 Å². The van der Waals surface area contributed by atoms with Crippen LogP contribution in [0, 0.1) is 11.3 Å². The molecule has 0 saturated heterocycles. The number of hydrogen-bond acceptors (Lipinski definition) is 1. The van der Waals surface area contributed by atoms with Crippen molar-refractivity contribution in [3.05, 3.63) is 0 Å². The van der Waals surface area contributed by atoms with Crippen LogP contribution in [-0.2, 0) is 0 Å². The Kier molecular flexibility index (Phi) is 3.71. The fourth-order valence-electron chi connectivity index (χ4n) is 3.76. The van der Waals surface area contributed by atoms with Gasteiger partial charge in [-0.1, -0.05) is 39.0 Å². The van der Waals surface area contributed by atoms with E-state index in [1.54, 1.807) is 0 Å². The molecule has 0 amide bonds. The highest BCUT2D eigenvalue weighted by Crippen LogP contribution is 2.46. The summed E-state index contributed by atoms with van der Waals surface area (Å²) >= 11 is 0. The van der Waals surface area contributed by atoms with E-state index in [-0.39, 0.29) is 0 Å². The molecule has 1 atom stereocenters. The minimum atomic E-state index is 0.657. The molecular weight excluding hydrogens is 182 g/mol. The van der Waals surface area contributed by atoms with Crippen LogP contribution >= 0.6 is 0 Å². The molecule has 0 aliphatic heterocycles. The predicted octanol–water partition coefficient (Wildman–Crippen LogP) is 3.74.